The second-order valence-corrected chi connectivity index (χ2v) is 2.02. The first kappa shape index (κ1) is 8.70. The molecule has 5 heteroatoms. The number of rotatable bonds is 2. The number of nitrogens with zero attached hydrogens (tertiary/aromatic N) is 1. The molecular formula is C7H4F3NO. The molecule has 12 heavy (non-hydrogen) atoms. The molecule has 0 bridgehead atoms. The van der Waals surface area contributed by atoms with Crippen molar-refractivity contribution in [3.63, 3.8) is 0 Å². The second-order valence-electron chi connectivity index (χ2n) is 2.02. The molecule has 0 aromatic carbocycles. The van der Waals surface area contributed by atoms with Gasteiger partial charge in [0.05, 0.1) is 11.8 Å². The Balaban J connectivity index is 3.03. The molecule has 0 radical (unpaired) electrons. The largest absolute Gasteiger partial charge is 0.300 e. The van der Waals surface area contributed by atoms with E-state index in [2.05, 4.69) is 4.98 Å². The number of ketones is 1. The molecule has 0 saturated carbocycles. The Morgan fingerprint density at radius 3 is 2.67 bits per heavy atom. The number of carbonyl (C=O) groups excluding carboxylic acids is 1. The number of pyridine rings is 1. The fraction of sp³-hybridized carbons (Fsp3) is 0.143. The third-order valence-electron chi connectivity index (χ3n) is 1.24. The summed E-state index contributed by atoms with van der Waals surface area (Å²) in [6, 6.07) is 0.920. The Hall–Kier alpha value is -1.39. The van der Waals surface area contributed by atoms with E-state index in [4.69, 9.17) is 0 Å². The molecule has 0 aliphatic heterocycles. The van der Waals surface area contributed by atoms with Crippen LogP contribution in [0.2, 0.25) is 0 Å². The monoisotopic (exact) mass is 175 g/mol. The maximum atomic E-state index is 12.6. The van der Waals surface area contributed by atoms with E-state index in [1.807, 2.05) is 0 Å². The molecule has 0 fully saturated rings. The van der Waals surface area contributed by atoms with Gasteiger partial charge in [-0.2, -0.15) is 0 Å². The number of hydrogen-bond acceptors (Lipinski definition) is 2. The lowest BCUT2D eigenvalue weighted by Gasteiger charge is -1.98. The fourth-order valence-electron chi connectivity index (χ4n) is 0.693. The quantitative estimate of drug-likeness (QED) is 0.640. The van der Waals surface area contributed by atoms with Crippen molar-refractivity contribution < 1.29 is 18.0 Å². The van der Waals surface area contributed by atoms with Crippen molar-refractivity contribution in [2.45, 2.75) is 6.43 Å². The lowest BCUT2D eigenvalue weighted by atomic mass is 10.2. The number of halogens is 3. The summed E-state index contributed by atoms with van der Waals surface area (Å²) in [4.78, 5) is 13.9. The number of carbonyl (C=O) groups is 1. The number of Topliss-reactive ketones (excluding diaryl/α,β-unsaturated/α-hetero) is 1. The summed E-state index contributed by atoms with van der Waals surface area (Å²) in [6.45, 7) is 0. The van der Waals surface area contributed by atoms with E-state index >= 15 is 0 Å². The molecular weight excluding hydrogens is 171 g/mol. The van der Waals surface area contributed by atoms with Crippen molar-refractivity contribution in [1.29, 1.82) is 0 Å². The van der Waals surface area contributed by atoms with Crippen LogP contribution >= 0.6 is 0 Å². The molecule has 1 heterocycles. The standard InChI is InChI=1S/C7H4F3NO/c8-5-3-11-2-1-4(5)6(12)7(9)10/h1-3,7H. The normalized spacial score (nSPS) is 10.3. The summed E-state index contributed by atoms with van der Waals surface area (Å²) in [5.74, 6) is -2.54. The molecule has 0 saturated heterocycles. The van der Waals surface area contributed by atoms with Gasteiger partial charge in [0.2, 0.25) is 5.78 Å². The van der Waals surface area contributed by atoms with Crippen LogP contribution in [0.5, 0.6) is 0 Å². The van der Waals surface area contributed by atoms with Crippen LogP contribution in [0.3, 0.4) is 0 Å². The van der Waals surface area contributed by atoms with Gasteiger partial charge >= 0.3 is 6.43 Å². The minimum atomic E-state index is -3.18. The molecule has 0 aliphatic carbocycles. The van der Waals surface area contributed by atoms with Crippen LogP contribution < -0.4 is 0 Å². The summed E-state index contributed by atoms with van der Waals surface area (Å²) in [7, 11) is 0. The Labute approximate surface area is 66.0 Å². The number of aromatic nitrogens is 1. The van der Waals surface area contributed by atoms with Gasteiger partial charge in [-0.3, -0.25) is 9.78 Å². The lowest BCUT2D eigenvalue weighted by Crippen LogP contribution is -2.12. The first-order valence-electron chi connectivity index (χ1n) is 3.05. The zero-order valence-corrected chi connectivity index (χ0v) is 5.80. The van der Waals surface area contributed by atoms with Gasteiger partial charge in [-0.05, 0) is 6.07 Å². The highest BCUT2D eigenvalue weighted by Gasteiger charge is 2.20. The van der Waals surface area contributed by atoms with Gasteiger partial charge in [0.1, 0.15) is 0 Å². The van der Waals surface area contributed by atoms with Crippen molar-refractivity contribution in [2.75, 3.05) is 0 Å². The maximum absolute atomic E-state index is 12.6. The maximum Gasteiger partial charge on any atom is 0.300 e. The van der Waals surface area contributed by atoms with E-state index in [1.165, 1.54) is 0 Å². The minimum Gasteiger partial charge on any atom is -0.288 e. The smallest absolute Gasteiger partial charge is 0.288 e. The van der Waals surface area contributed by atoms with Crippen molar-refractivity contribution >= 4 is 5.78 Å². The molecule has 2 nitrogen and oxygen atoms in total. The fourth-order valence-corrected chi connectivity index (χ4v) is 0.693. The van der Waals surface area contributed by atoms with Crippen LogP contribution in [0.4, 0.5) is 13.2 Å². The predicted octanol–water partition coefficient (Wildman–Crippen LogP) is 1.67. The van der Waals surface area contributed by atoms with E-state index in [1.54, 1.807) is 0 Å². The van der Waals surface area contributed by atoms with Crippen LogP contribution in [0.1, 0.15) is 10.4 Å². The zero-order valence-electron chi connectivity index (χ0n) is 5.80. The SMILES string of the molecule is O=C(c1ccncc1F)C(F)F. The zero-order chi connectivity index (χ0) is 9.14. The minimum absolute atomic E-state index is 0.625. The Morgan fingerprint density at radius 1 is 1.50 bits per heavy atom. The van der Waals surface area contributed by atoms with E-state index in [-0.39, 0.29) is 0 Å². The van der Waals surface area contributed by atoms with Crippen molar-refractivity contribution in [3.05, 3.63) is 29.8 Å². The molecule has 0 atom stereocenters. The molecule has 1 rings (SSSR count). The summed E-state index contributed by atoms with van der Waals surface area (Å²) in [5, 5.41) is 0. The van der Waals surface area contributed by atoms with Gasteiger partial charge in [0.25, 0.3) is 0 Å². The molecule has 0 spiro atoms. The van der Waals surface area contributed by atoms with E-state index < -0.39 is 23.6 Å². The molecule has 64 valence electrons. The van der Waals surface area contributed by atoms with Gasteiger partial charge in [-0.1, -0.05) is 0 Å². The third kappa shape index (κ3) is 1.61. The summed E-state index contributed by atoms with van der Waals surface area (Å²) in [6.07, 6.45) is -1.38. The Morgan fingerprint density at radius 2 is 2.17 bits per heavy atom. The number of alkyl halides is 2. The van der Waals surface area contributed by atoms with Crippen molar-refractivity contribution in [2.24, 2.45) is 0 Å². The van der Waals surface area contributed by atoms with Gasteiger partial charge < -0.3 is 0 Å². The van der Waals surface area contributed by atoms with Crippen LogP contribution in [-0.2, 0) is 0 Å². The lowest BCUT2D eigenvalue weighted by molar-refractivity contribution is 0.0674. The third-order valence-corrected chi connectivity index (χ3v) is 1.24. The van der Waals surface area contributed by atoms with Gasteiger partial charge in [0.15, 0.2) is 5.82 Å². The highest BCUT2D eigenvalue weighted by Crippen LogP contribution is 2.10. The van der Waals surface area contributed by atoms with Gasteiger partial charge in [-0.15, -0.1) is 0 Å². The van der Waals surface area contributed by atoms with E-state index in [0.717, 1.165) is 18.5 Å². The van der Waals surface area contributed by atoms with Crippen LogP contribution in [0.25, 0.3) is 0 Å². The topological polar surface area (TPSA) is 30.0 Å². The average Bonchev–Trinajstić information content (AvgIpc) is 2.04. The highest BCUT2D eigenvalue weighted by atomic mass is 19.3. The van der Waals surface area contributed by atoms with Crippen molar-refractivity contribution in [3.8, 4) is 0 Å². The van der Waals surface area contributed by atoms with Gasteiger partial charge in [-0.25, -0.2) is 13.2 Å². The molecule has 1 aromatic heterocycles. The van der Waals surface area contributed by atoms with E-state index in [9.17, 15) is 18.0 Å². The van der Waals surface area contributed by atoms with Crippen LogP contribution in [0, 0.1) is 5.82 Å². The molecule has 0 amide bonds. The molecule has 0 unspecified atom stereocenters. The average molecular weight is 175 g/mol. The first-order valence-corrected chi connectivity index (χ1v) is 3.05. The highest BCUT2D eigenvalue weighted by molar-refractivity contribution is 5.98. The predicted molar refractivity (Wildman–Crippen MR) is 34.5 cm³/mol. The summed E-state index contributed by atoms with van der Waals surface area (Å²) in [5.41, 5.74) is -0.625. The Bertz CT molecular complexity index is 300. The second kappa shape index (κ2) is 3.34. The van der Waals surface area contributed by atoms with Crippen molar-refractivity contribution in [1.82, 2.24) is 4.98 Å². The van der Waals surface area contributed by atoms with Crippen LogP contribution in [0.15, 0.2) is 18.5 Å². The first-order chi connectivity index (χ1) is 5.63. The molecule has 0 N–H and O–H groups in total. The Kier molecular flexibility index (Phi) is 2.42. The summed E-state index contributed by atoms with van der Waals surface area (Å²) >= 11 is 0. The van der Waals surface area contributed by atoms with Crippen LogP contribution in [-0.4, -0.2) is 17.2 Å². The van der Waals surface area contributed by atoms with E-state index in [0.29, 0.717) is 0 Å². The summed E-state index contributed by atoms with van der Waals surface area (Å²) < 4.78 is 36.1. The molecule has 0 aliphatic rings. The number of hydrogen-bond donors (Lipinski definition) is 0. The molecule has 1 aromatic rings. The van der Waals surface area contributed by atoms with Gasteiger partial charge in [0, 0.05) is 6.20 Å².